The standard InChI is InChI=1S/C13H22O2S/c1-2-13(14)15-10-8-6-4-3-5-7-9-12-11-16-12/h2,12H,1,3-11H2. The first kappa shape index (κ1) is 13.6. The lowest BCUT2D eigenvalue weighted by atomic mass is 10.1. The molecule has 1 aliphatic heterocycles. The molecule has 0 aromatic carbocycles. The van der Waals surface area contributed by atoms with Crippen LogP contribution < -0.4 is 0 Å². The molecule has 1 unspecified atom stereocenters. The molecule has 0 aromatic rings. The number of carbonyl (C=O) groups is 1. The molecule has 1 fully saturated rings. The molecular formula is C13H22O2S. The smallest absolute Gasteiger partial charge is 0.330 e. The maximum atomic E-state index is 10.7. The highest BCUT2D eigenvalue weighted by Gasteiger charge is 2.20. The van der Waals surface area contributed by atoms with Crippen molar-refractivity contribution in [1.82, 2.24) is 0 Å². The molecule has 1 aliphatic rings. The molecule has 0 bridgehead atoms. The minimum atomic E-state index is -0.304. The highest BCUT2D eigenvalue weighted by Crippen LogP contribution is 2.34. The molecule has 1 atom stereocenters. The van der Waals surface area contributed by atoms with Crippen LogP contribution in [0.1, 0.15) is 44.9 Å². The van der Waals surface area contributed by atoms with Crippen LogP contribution in [-0.2, 0) is 9.53 Å². The number of ether oxygens (including phenoxy) is 1. The van der Waals surface area contributed by atoms with E-state index in [1.165, 1.54) is 50.4 Å². The fourth-order valence-corrected chi connectivity index (χ4v) is 2.28. The molecule has 0 aromatic heterocycles. The minimum Gasteiger partial charge on any atom is -0.463 e. The fraction of sp³-hybridized carbons (Fsp3) is 0.769. The molecule has 0 saturated carbocycles. The monoisotopic (exact) mass is 242 g/mol. The van der Waals surface area contributed by atoms with Crippen molar-refractivity contribution in [3.8, 4) is 0 Å². The van der Waals surface area contributed by atoms with Crippen molar-refractivity contribution in [2.75, 3.05) is 12.4 Å². The number of esters is 1. The summed E-state index contributed by atoms with van der Waals surface area (Å²) in [6.45, 7) is 3.90. The molecule has 2 nitrogen and oxygen atoms in total. The Morgan fingerprint density at radius 2 is 1.88 bits per heavy atom. The van der Waals surface area contributed by atoms with Crippen molar-refractivity contribution in [3.05, 3.63) is 12.7 Å². The number of rotatable bonds is 10. The predicted molar refractivity (Wildman–Crippen MR) is 69.7 cm³/mol. The van der Waals surface area contributed by atoms with Gasteiger partial charge in [-0.05, 0) is 12.8 Å². The Morgan fingerprint density at radius 3 is 2.50 bits per heavy atom. The molecule has 0 spiro atoms. The summed E-state index contributed by atoms with van der Waals surface area (Å²) in [4.78, 5) is 10.7. The molecule has 0 N–H and O–H groups in total. The lowest BCUT2D eigenvalue weighted by Gasteiger charge is -2.02. The first-order chi connectivity index (χ1) is 7.83. The van der Waals surface area contributed by atoms with Gasteiger partial charge in [0, 0.05) is 17.1 Å². The average molecular weight is 242 g/mol. The largest absolute Gasteiger partial charge is 0.463 e. The highest BCUT2D eigenvalue weighted by atomic mass is 32.2. The fourth-order valence-electron chi connectivity index (χ4n) is 1.65. The normalized spacial score (nSPS) is 18.1. The lowest BCUT2D eigenvalue weighted by molar-refractivity contribution is -0.137. The Kier molecular flexibility index (Phi) is 7.39. The van der Waals surface area contributed by atoms with Gasteiger partial charge in [0.15, 0.2) is 0 Å². The second-order valence-electron chi connectivity index (χ2n) is 4.24. The van der Waals surface area contributed by atoms with Gasteiger partial charge in [-0.25, -0.2) is 4.79 Å². The van der Waals surface area contributed by atoms with Crippen molar-refractivity contribution in [1.29, 1.82) is 0 Å². The summed E-state index contributed by atoms with van der Waals surface area (Å²) in [5.41, 5.74) is 0. The number of thioether (sulfide) groups is 1. The van der Waals surface area contributed by atoms with E-state index < -0.39 is 0 Å². The van der Waals surface area contributed by atoms with Crippen LogP contribution in [0.5, 0.6) is 0 Å². The van der Waals surface area contributed by atoms with Gasteiger partial charge in [-0.1, -0.05) is 38.7 Å². The maximum absolute atomic E-state index is 10.7. The van der Waals surface area contributed by atoms with Gasteiger partial charge in [-0.3, -0.25) is 0 Å². The summed E-state index contributed by atoms with van der Waals surface area (Å²) in [5.74, 6) is 1.09. The van der Waals surface area contributed by atoms with Gasteiger partial charge in [-0.2, -0.15) is 11.8 Å². The number of hydrogen-bond acceptors (Lipinski definition) is 3. The lowest BCUT2D eigenvalue weighted by Crippen LogP contribution is -2.01. The second kappa shape index (κ2) is 8.68. The predicted octanol–water partition coefficient (Wildman–Crippen LogP) is 3.56. The van der Waals surface area contributed by atoms with E-state index in [4.69, 9.17) is 4.74 Å². The van der Waals surface area contributed by atoms with Crippen molar-refractivity contribution in [2.45, 2.75) is 50.2 Å². The highest BCUT2D eigenvalue weighted by molar-refractivity contribution is 8.06. The van der Waals surface area contributed by atoms with Crippen LogP contribution in [0.2, 0.25) is 0 Å². The van der Waals surface area contributed by atoms with Gasteiger partial charge >= 0.3 is 5.97 Å². The molecule has 1 heterocycles. The first-order valence-corrected chi connectivity index (χ1v) is 7.28. The van der Waals surface area contributed by atoms with Gasteiger partial charge in [0.25, 0.3) is 0 Å². The number of carbonyl (C=O) groups excluding carboxylic acids is 1. The number of unbranched alkanes of at least 4 members (excludes halogenated alkanes) is 5. The Balaban J connectivity index is 1.70. The number of hydrogen-bond donors (Lipinski definition) is 0. The molecule has 0 radical (unpaired) electrons. The third kappa shape index (κ3) is 7.80. The van der Waals surface area contributed by atoms with Crippen LogP contribution in [0.3, 0.4) is 0 Å². The van der Waals surface area contributed by atoms with E-state index >= 15 is 0 Å². The van der Waals surface area contributed by atoms with E-state index in [0.29, 0.717) is 6.61 Å². The summed E-state index contributed by atoms with van der Waals surface area (Å²) in [7, 11) is 0. The zero-order valence-corrected chi connectivity index (χ0v) is 10.8. The quantitative estimate of drug-likeness (QED) is 0.253. The van der Waals surface area contributed by atoms with Crippen molar-refractivity contribution >= 4 is 17.7 Å². The third-order valence-electron chi connectivity index (χ3n) is 2.73. The molecule has 92 valence electrons. The van der Waals surface area contributed by atoms with Crippen LogP contribution in [0, 0.1) is 0 Å². The van der Waals surface area contributed by atoms with Crippen LogP contribution in [0.4, 0.5) is 0 Å². The van der Waals surface area contributed by atoms with Crippen LogP contribution in [-0.4, -0.2) is 23.6 Å². The summed E-state index contributed by atoms with van der Waals surface area (Å²) in [6.07, 6.45) is 10.1. The maximum Gasteiger partial charge on any atom is 0.330 e. The van der Waals surface area contributed by atoms with Gasteiger partial charge in [0.1, 0.15) is 0 Å². The Hall–Kier alpha value is -0.440. The van der Waals surface area contributed by atoms with Crippen molar-refractivity contribution in [3.63, 3.8) is 0 Å². The Morgan fingerprint density at radius 1 is 1.25 bits per heavy atom. The summed E-state index contributed by atoms with van der Waals surface area (Å²) in [5, 5.41) is 0.998. The van der Waals surface area contributed by atoms with E-state index in [1.54, 1.807) is 0 Å². The van der Waals surface area contributed by atoms with Crippen LogP contribution in [0.15, 0.2) is 12.7 Å². The summed E-state index contributed by atoms with van der Waals surface area (Å²) in [6, 6.07) is 0. The van der Waals surface area contributed by atoms with E-state index in [1.807, 2.05) is 0 Å². The molecule has 1 rings (SSSR count). The first-order valence-electron chi connectivity index (χ1n) is 6.23. The van der Waals surface area contributed by atoms with Gasteiger partial charge in [0.2, 0.25) is 0 Å². The third-order valence-corrected chi connectivity index (χ3v) is 3.77. The van der Waals surface area contributed by atoms with E-state index in [-0.39, 0.29) is 5.97 Å². The molecule has 0 amide bonds. The molecule has 0 aliphatic carbocycles. The van der Waals surface area contributed by atoms with Gasteiger partial charge in [-0.15, -0.1) is 0 Å². The Labute approximate surface area is 103 Å². The minimum absolute atomic E-state index is 0.304. The average Bonchev–Trinajstić information content (AvgIpc) is 3.10. The topological polar surface area (TPSA) is 26.3 Å². The van der Waals surface area contributed by atoms with E-state index in [9.17, 15) is 4.79 Å². The van der Waals surface area contributed by atoms with Crippen molar-refractivity contribution < 1.29 is 9.53 Å². The molecule has 16 heavy (non-hydrogen) atoms. The van der Waals surface area contributed by atoms with E-state index in [0.717, 1.165) is 11.7 Å². The molecular weight excluding hydrogens is 220 g/mol. The molecule has 1 saturated heterocycles. The summed E-state index contributed by atoms with van der Waals surface area (Å²) < 4.78 is 4.90. The zero-order valence-electron chi connectivity index (χ0n) is 9.95. The van der Waals surface area contributed by atoms with E-state index in [2.05, 4.69) is 18.3 Å². The Bertz CT molecular complexity index is 212. The molecule has 3 heteroatoms. The zero-order chi connectivity index (χ0) is 11.6. The van der Waals surface area contributed by atoms with Gasteiger partial charge in [0.05, 0.1) is 6.61 Å². The summed E-state index contributed by atoms with van der Waals surface area (Å²) >= 11 is 2.09. The SMILES string of the molecule is C=CC(=O)OCCCCCCCCC1CS1. The van der Waals surface area contributed by atoms with Crippen molar-refractivity contribution in [2.24, 2.45) is 0 Å². The van der Waals surface area contributed by atoms with Crippen LogP contribution in [0.25, 0.3) is 0 Å². The van der Waals surface area contributed by atoms with Crippen LogP contribution >= 0.6 is 11.8 Å². The second-order valence-corrected chi connectivity index (χ2v) is 5.57. The van der Waals surface area contributed by atoms with Gasteiger partial charge < -0.3 is 4.74 Å².